The van der Waals surface area contributed by atoms with Crippen LogP contribution in [0.4, 0.5) is 0 Å². The standard InChI is InChI=1S/C15H26N4O3/c1-5-7-9-18-13(20)11(12(16-3)17-4)14(21)19(15(18)22)10-8-6-2/h20H,5-10H2,1-4H3,(H,16,17). The number of rotatable bonds is 7. The summed E-state index contributed by atoms with van der Waals surface area (Å²) in [6, 6.07) is 0. The number of hydrogen-bond acceptors (Lipinski definition) is 4. The minimum atomic E-state index is -0.501. The largest absolute Gasteiger partial charge is 0.494 e. The van der Waals surface area contributed by atoms with E-state index >= 15 is 0 Å². The first kappa shape index (κ1) is 18.0. The predicted octanol–water partition coefficient (Wildman–Crippen LogP) is 0.912. The SMILES string of the molecule is CCCCn1c(O)c(C(=NC)NC)c(=O)n(CCCC)c1=O. The molecule has 0 unspecified atom stereocenters. The van der Waals surface area contributed by atoms with E-state index in [1.54, 1.807) is 7.05 Å². The maximum atomic E-state index is 12.6. The second-order valence-electron chi connectivity index (χ2n) is 5.12. The van der Waals surface area contributed by atoms with Crippen molar-refractivity contribution in [3.63, 3.8) is 0 Å². The fourth-order valence-corrected chi connectivity index (χ4v) is 2.28. The zero-order valence-corrected chi connectivity index (χ0v) is 13.8. The average Bonchev–Trinajstić information content (AvgIpc) is 2.51. The summed E-state index contributed by atoms with van der Waals surface area (Å²) in [4.78, 5) is 29.0. The maximum absolute atomic E-state index is 12.6. The van der Waals surface area contributed by atoms with Crippen molar-refractivity contribution >= 4 is 5.84 Å². The van der Waals surface area contributed by atoms with E-state index in [1.165, 1.54) is 16.2 Å². The van der Waals surface area contributed by atoms with Crippen LogP contribution >= 0.6 is 0 Å². The van der Waals surface area contributed by atoms with Gasteiger partial charge in [0.15, 0.2) is 0 Å². The van der Waals surface area contributed by atoms with Crippen LogP contribution in [0.5, 0.6) is 5.88 Å². The highest BCUT2D eigenvalue weighted by Gasteiger charge is 2.21. The summed E-state index contributed by atoms with van der Waals surface area (Å²) in [6.45, 7) is 4.71. The molecule has 7 heteroatoms. The van der Waals surface area contributed by atoms with Crippen molar-refractivity contribution in [3.05, 3.63) is 26.4 Å². The highest BCUT2D eigenvalue weighted by atomic mass is 16.3. The minimum Gasteiger partial charge on any atom is -0.494 e. The van der Waals surface area contributed by atoms with Crippen LogP contribution in [0.2, 0.25) is 0 Å². The van der Waals surface area contributed by atoms with Gasteiger partial charge in [0.05, 0.1) is 0 Å². The molecule has 1 aromatic rings. The van der Waals surface area contributed by atoms with Crippen molar-refractivity contribution < 1.29 is 5.11 Å². The molecule has 0 saturated heterocycles. The molecule has 0 spiro atoms. The number of aliphatic imine (C=N–C) groups is 1. The third-order valence-corrected chi connectivity index (χ3v) is 3.57. The molecule has 22 heavy (non-hydrogen) atoms. The second kappa shape index (κ2) is 8.41. The van der Waals surface area contributed by atoms with Gasteiger partial charge in [0.2, 0.25) is 5.88 Å². The number of aromatic hydroxyl groups is 1. The van der Waals surface area contributed by atoms with Gasteiger partial charge in [0, 0.05) is 27.2 Å². The van der Waals surface area contributed by atoms with Gasteiger partial charge in [-0.25, -0.2) is 4.79 Å². The van der Waals surface area contributed by atoms with E-state index in [9.17, 15) is 14.7 Å². The topological polar surface area (TPSA) is 88.6 Å². The monoisotopic (exact) mass is 310 g/mol. The van der Waals surface area contributed by atoms with Crippen LogP contribution in [0.15, 0.2) is 14.6 Å². The molecule has 0 aliphatic carbocycles. The van der Waals surface area contributed by atoms with Crippen LogP contribution in [-0.4, -0.2) is 34.2 Å². The molecule has 7 nitrogen and oxygen atoms in total. The predicted molar refractivity (Wildman–Crippen MR) is 88.0 cm³/mol. The van der Waals surface area contributed by atoms with Gasteiger partial charge in [-0.15, -0.1) is 0 Å². The molecule has 1 rings (SSSR count). The van der Waals surface area contributed by atoms with Gasteiger partial charge in [0.25, 0.3) is 5.56 Å². The first-order valence-corrected chi connectivity index (χ1v) is 7.74. The Labute approximate surface area is 130 Å². The molecule has 1 heterocycles. The maximum Gasteiger partial charge on any atom is 0.333 e. The van der Waals surface area contributed by atoms with Crippen LogP contribution < -0.4 is 16.6 Å². The van der Waals surface area contributed by atoms with E-state index < -0.39 is 11.2 Å². The molecule has 0 aliphatic heterocycles. The Bertz CT molecular complexity index is 643. The summed E-state index contributed by atoms with van der Waals surface area (Å²) in [7, 11) is 3.15. The van der Waals surface area contributed by atoms with Crippen LogP contribution in [0.3, 0.4) is 0 Å². The first-order valence-electron chi connectivity index (χ1n) is 7.74. The Morgan fingerprint density at radius 3 is 2.14 bits per heavy atom. The van der Waals surface area contributed by atoms with E-state index in [2.05, 4.69) is 10.3 Å². The number of aromatic nitrogens is 2. The lowest BCUT2D eigenvalue weighted by Crippen LogP contribution is -2.44. The quantitative estimate of drug-likeness (QED) is 0.579. The number of unbranched alkanes of at least 4 members (excludes halogenated alkanes) is 2. The van der Waals surface area contributed by atoms with Crippen LogP contribution in [0, 0.1) is 0 Å². The van der Waals surface area contributed by atoms with Crippen molar-refractivity contribution in [2.45, 2.75) is 52.6 Å². The van der Waals surface area contributed by atoms with Crippen molar-refractivity contribution in [3.8, 4) is 5.88 Å². The van der Waals surface area contributed by atoms with Crippen molar-refractivity contribution in [1.82, 2.24) is 14.5 Å². The zero-order valence-electron chi connectivity index (χ0n) is 13.8. The molecule has 2 N–H and O–H groups in total. The first-order chi connectivity index (χ1) is 10.5. The average molecular weight is 310 g/mol. The van der Waals surface area contributed by atoms with Gasteiger partial charge in [-0.3, -0.25) is 18.9 Å². The summed E-state index contributed by atoms with van der Waals surface area (Å²) < 4.78 is 2.45. The molecular formula is C15H26N4O3. The highest BCUT2D eigenvalue weighted by Crippen LogP contribution is 2.12. The van der Waals surface area contributed by atoms with E-state index in [-0.39, 0.29) is 17.3 Å². The second-order valence-corrected chi connectivity index (χ2v) is 5.12. The number of nitrogens with one attached hydrogen (secondary N) is 1. The molecule has 0 atom stereocenters. The lowest BCUT2D eigenvalue weighted by molar-refractivity contribution is 0.380. The van der Waals surface area contributed by atoms with Gasteiger partial charge in [-0.05, 0) is 12.8 Å². The molecule has 0 aliphatic rings. The van der Waals surface area contributed by atoms with E-state index in [0.717, 1.165) is 25.7 Å². The molecule has 0 radical (unpaired) electrons. The van der Waals surface area contributed by atoms with Gasteiger partial charge in [0.1, 0.15) is 11.4 Å². The molecule has 124 valence electrons. The van der Waals surface area contributed by atoms with Gasteiger partial charge in [-0.2, -0.15) is 0 Å². The Morgan fingerprint density at radius 1 is 1.14 bits per heavy atom. The minimum absolute atomic E-state index is 0.0526. The van der Waals surface area contributed by atoms with Gasteiger partial charge in [-0.1, -0.05) is 26.7 Å². The highest BCUT2D eigenvalue weighted by molar-refractivity contribution is 6.00. The lowest BCUT2D eigenvalue weighted by Gasteiger charge is -2.16. The van der Waals surface area contributed by atoms with Crippen molar-refractivity contribution in [2.24, 2.45) is 4.99 Å². The van der Waals surface area contributed by atoms with Gasteiger partial charge >= 0.3 is 5.69 Å². The van der Waals surface area contributed by atoms with E-state index in [0.29, 0.717) is 13.1 Å². The zero-order chi connectivity index (χ0) is 16.7. The van der Waals surface area contributed by atoms with Crippen LogP contribution in [0.25, 0.3) is 0 Å². The van der Waals surface area contributed by atoms with Crippen LogP contribution in [0.1, 0.15) is 45.1 Å². The summed E-state index contributed by atoms with van der Waals surface area (Å²) in [5, 5.41) is 13.2. The molecule has 0 fully saturated rings. The number of amidine groups is 1. The third kappa shape index (κ3) is 3.58. The fourth-order valence-electron chi connectivity index (χ4n) is 2.28. The fraction of sp³-hybridized carbons (Fsp3) is 0.667. The summed E-state index contributed by atoms with van der Waals surface area (Å²) >= 11 is 0. The molecular weight excluding hydrogens is 284 g/mol. The van der Waals surface area contributed by atoms with E-state index in [4.69, 9.17) is 0 Å². The third-order valence-electron chi connectivity index (χ3n) is 3.57. The van der Waals surface area contributed by atoms with Crippen molar-refractivity contribution in [2.75, 3.05) is 14.1 Å². The van der Waals surface area contributed by atoms with E-state index in [1.807, 2.05) is 13.8 Å². The summed E-state index contributed by atoms with van der Waals surface area (Å²) in [6.07, 6.45) is 3.23. The molecule has 0 aromatic carbocycles. The lowest BCUT2D eigenvalue weighted by atomic mass is 10.2. The molecule has 1 aromatic heterocycles. The summed E-state index contributed by atoms with van der Waals surface area (Å²) in [5.74, 6) is -0.0378. The Kier molecular flexibility index (Phi) is 6.88. The Morgan fingerprint density at radius 2 is 1.68 bits per heavy atom. The number of nitrogens with zero attached hydrogens (tertiary/aromatic N) is 3. The Balaban J connectivity index is 3.62. The normalized spacial score (nSPS) is 11.7. The smallest absolute Gasteiger partial charge is 0.333 e. The van der Waals surface area contributed by atoms with Crippen LogP contribution in [-0.2, 0) is 13.1 Å². The summed E-state index contributed by atoms with van der Waals surface area (Å²) in [5.41, 5.74) is -0.907. The van der Waals surface area contributed by atoms with Crippen molar-refractivity contribution in [1.29, 1.82) is 0 Å². The molecule has 0 amide bonds. The Hall–Kier alpha value is -2.05. The molecule has 0 saturated carbocycles. The molecule has 0 bridgehead atoms. The number of hydrogen-bond donors (Lipinski definition) is 2. The van der Waals surface area contributed by atoms with Gasteiger partial charge < -0.3 is 10.4 Å².